The molecule has 4 heteroatoms. The van der Waals surface area contributed by atoms with Gasteiger partial charge in [0, 0.05) is 29.3 Å². The third-order valence-corrected chi connectivity index (χ3v) is 5.60. The third-order valence-electron chi connectivity index (χ3n) is 5.60. The number of Topliss-reactive ketones (excluding diaryl/α,β-unsaturated/α-hetero) is 1. The van der Waals surface area contributed by atoms with Crippen LogP contribution in [0.2, 0.25) is 0 Å². The molecule has 1 aliphatic carbocycles. The second-order valence-corrected chi connectivity index (χ2v) is 7.48. The van der Waals surface area contributed by atoms with E-state index in [1.807, 2.05) is 37.3 Å². The van der Waals surface area contributed by atoms with E-state index in [4.69, 9.17) is 4.74 Å². The Morgan fingerprint density at radius 3 is 2.59 bits per heavy atom. The number of dihydropyridines is 1. The van der Waals surface area contributed by atoms with E-state index in [9.17, 15) is 9.59 Å². The number of carbonyl (C=O) groups excluding carboxylic acids is 2. The number of allylic oxidation sites excluding steroid dienone is 3. The number of esters is 1. The molecule has 0 aromatic heterocycles. The van der Waals surface area contributed by atoms with Gasteiger partial charge in [0.2, 0.25) is 0 Å². The summed E-state index contributed by atoms with van der Waals surface area (Å²) in [5.74, 6) is -0.650. The average Bonchev–Trinajstić information content (AvgIpc) is 2.74. The standard InChI is InChI=1S/C25H25NO3/c1-3-29-25(28)22-16(2)26-20-13-8-14-21(27)24(20)23(22)19-12-7-11-18(15-19)17-9-5-4-6-10-17/h4-7,9-12,15,23,26H,3,8,13-14H2,1-2H3. The van der Waals surface area contributed by atoms with Crippen molar-refractivity contribution in [1.82, 2.24) is 5.32 Å². The lowest BCUT2D eigenvalue weighted by Gasteiger charge is -2.34. The van der Waals surface area contributed by atoms with Gasteiger partial charge in [0.05, 0.1) is 12.2 Å². The maximum atomic E-state index is 12.9. The second kappa shape index (κ2) is 8.08. The molecule has 0 amide bonds. The Morgan fingerprint density at radius 2 is 1.83 bits per heavy atom. The average molecular weight is 387 g/mol. The monoisotopic (exact) mass is 387 g/mol. The topological polar surface area (TPSA) is 55.4 Å². The summed E-state index contributed by atoms with van der Waals surface area (Å²) in [6.07, 6.45) is 2.18. The first-order valence-electron chi connectivity index (χ1n) is 10.2. The Labute approximate surface area is 171 Å². The van der Waals surface area contributed by atoms with Crippen LogP contribution in [0.3, 0.4) is 0 Å². The first-order chi connectivity index (χ1) is 14.1. The molecule has 1 unspecified atom stereocenters. The Kier molecular flexibility index (Phi) is 5.34. The number of ether oxygens (including phenoxy) is 1. The van der Waals surface area contributed by atoms with Gasteiger partial charge in [-0.2, -0.15) is 0 Å². The van der Waals surface area contributed by atoms with Crippen molar-refractivity contribution in [1.29, 1.82) is 0 Å². The van der Waals surface area contributed by atoms with Gasteiger partial charge in [0.25, 0.3) is 0 Å². The normalized spacial score (nSPS) is 19.0. The molecule has 1 aliphatic heterocycles. The van der Waals surface area contributed by atoms with E-state index < -0.39 is 5.92 Å². The molecule has 0 saturated carbocycles. The van der Waals surface area contributed by atoms with E-state index in [2.05, 4.69) is 29.6 Å². The van der Waals surface area contributed by atoms with Crippen LogP contribution in [0, 0.1) is 0 Å². The molecule has 0 fully saturated rings. The van der Waals surface area contributed by atoms with E-state index in [1.165, 1.54) is 0 Å². The molecular weight excluding hydrogens is 362 g/mol. The third kappa shape index (κ3) is 3.63. The lowest BCUT2D eigenvalue weighted by molar-refractivity contribution is -0.138. The molecule has 1 heterocycles. The summed E-state index contributed by atoms with van der Waals surface area (Å²) in [6.45, 7) is 3.99. The first-order valence-corrected chi connectivity index (χ1v) is 10.2. The number of rotatable bonds is 4. The van der Waals surface area contributed by atoms with Crippen LogP contribution < -0.4 is 5.32 Å². The van der Waals surface area contributed by atoms with Crippen LogP contribution in [0.15, 0.2) is 77.1 Å². The van der Waals surface area contributed by atoms with E-state index in [0.29, 0.717) is 18.6 Å². The van der Waals surface area contributed by atoms with Crippen LogP contribution in [-0.2, 0) is 14.3 Å². The number of hydrogen-bond acceptors (Lipinski definition) is 4. The lowest BCUT2D eigenvalue weighted by atomic mass is 9.75. The van der Waals surface area contributed by atoms with E-state index in [1.54, 1.807) is 6.92 Å². The summed E-state index contributed by atoms with van der Waals surface area (Å²) in [4.78, 5) is 25.8. The van der Waals surface area contributed by atoms with Gasteiger partial charge in [-0.1, -0.05) is 54.6 Å². The summed E-state index contributed by atoms with van der Waals surface area (Å²) >= 11 is 0. The second-order valence-electron chi connectivity index (χ2n) is 7.48. The highest BCUT2D eigenvalue weighted by atomic mass is 16.5. The summed E-state index contributed by atoms with van der Waals surface area (Å²) in [7, 11) is 0. The highest BCUT2D eigenvalue weighted by molar-refractivity contribution is 6.03. The zero-order valence-corrected chi connectivity index (χ0v) is 16.8. The number of benzene rings is 2. The predicted octanol–water partition coefficient (Wildman–Crippen LogP) is 4.88. The molecule has 29 heavy (non-hydrogen) atoms. The van der Waals surface area contributed by atoms with Crippen molar-refractivity contribution in [3.05, 3.63) is 82.7 Å². The Bertz CT molecular complexity index is 1020. The summed E-state index contributed by atoms with van der Waals surface area (Å²) in [6, 6.07) is 18.3. The molecule has 1 N–H and O–H groups in total. The number of ketones is 1. The Morgan fingerprint density at radius 1 is 1.07 bits per heavy atom. The molecule has 0 bridgehead atoms. The van der Waals surface area contributed by atoms with Crippen LogP contribution in [0.4, 0.5) is 0 Å². The fraction of sp³-hybridized carbons (Fsp3) is 0.280. The molecule has 0 spiro atoms. The van der Waals surface area contributed by atoms with Gasteiger partial charge in [0.15, 0.2) is 5.78 Å². The fourth-order valence-corrected chi connectivity index (χ4v) is 4.32. The van der Waals surface area contributed by atoms with E-state index in [0.717, 1.165) is 46.5 Å². The summed E-state index contributed by atoms with van der Waals surface area (Å²) in [5.41, 5.74) is 6.08. The zero-order valence-electron chi connectivity index (χ0n) is 16.8. The van der Waals surface area contributed by atoms with Crippen molar-refractivity contribution < 1.29 is 14.3 Å². The Balaban J connectivity index is 1.86. The smallest absolute Gasteiger partial charge is 0.336 e. The van der Waals surface area contributed by atoms with Gasteiger partial charge in [-0.05, 0) is 43.4 Å². The van der Waals surface area contributed by atoms with Crippen molar-refractivity contribution in [2.24, 2.45) is 0 Å². The van der Waals surface area contributed by atoms with Gasteiger partial charge in [-0.25, -0.2) is 4.79 Å². The SMILES string of the molecule is CCOC(=O)C1=C(C)NC2=C(C(=O)CCC2)C1c1cccc(-c2ccccc2)c1. The van der Waals surface area contributed by atoms with Gasteiger partial charge in [-0.3, -0.25) is 4.79 Å². The summed E-state index contributed by atoms with van der Waals surface area (Å²) in [5, 5.41) is 3.32. The van der Waals surface area contributed by atoms with Crippen LogP contribution >= 0.6 is 0 Å². The molecule has 4 rings (SSSR count). The fourth-order valence-electron chi connectivity index (χ4n) is 4.32. The van der Waals surface area contributed by atoms with Gasteiger partial charge in [-0.15, -0.1) is 0 Å². The van der Waals surface area contributed by atoms with Crippen LogP contribution in [0.1, 0.15) is 44.6 Å². The van der Waals surface area contributed by atoms with Crippen molar-refractivity contribution in [3.8, 4) is 11.1 Å². The predicted molar refractivity (Wildman–Crippen MR) is 113 cm³/mol. The van der Waals surface area contributed by atoms with Gasteiger partial charge < -0.3 is 10.1 Å². The molecule has 1 atom stereocenters. The first kappa shape index (κ1) is 19.2. The highest BCUT2D eigenvalue weighted by Gasteiger charge is 2.39. The molecular formula is C25H25NO3. The lowest BCUT2D eigenvalue weighted by Crippen LogP contribution is -2.34. The van der Waals surface area contributed by atoms with Gasteiger partial charge >= 0.3 is 5.97 Å². The number of nitrogens with one attached hydrogen (secondary N) is 1. The van der Waals surface area contributed by atoms with Crippen LogP contribution in [0.25, 0.3) is 11.1 Å². The molecule has 2 aromatic rings. The maximum absolute atomic E-state index is 12.9. The van der Waals surface area contributed by atoms with Crippen molar-refractivity contribution in [2.45, 2.75) is 39.0 Å². The minimum Gasteiger partial charge on any atom is -0.463 e. The van der Waals surface area contributed by atoms with E-state index >= 15 is 0 Å². The molecule has 148 valence electrons. The van der Waals surface area contributed by atoms with Crippen molar-refractivity contribution in [2.75, 3.05) is 6.61 Å². The number of carbonyl (C=O) groups is 2. The zero-order chi connectivity index (χ0) is 20.4. The van der Waals surface area contributed by atoms with Crippen molar-refractivity contribution >= 4 is 11.8 Å². The van der Waals surface area contributed by atoms with Crippen molar-refractivity contribution in [3.63, 3.8) is 0 Å². The minimum absolute atomic E-state index is 0.114. The minimum atomic E-state index is -0.401. The van der Waals surface area contributed by atoms with Crippen LogP contribution in [-0.4, -0.2) is 18.4 Å². The molecule has 0 radical (unpaired) electrons. The van der Waals surface area contributed by atoms with Crippen LogP contribution in [0.5, 0.6) is 0 Å². The molecule has 4 nitrogen and oxygen atoms in total. The number of hydrogen-bond donors (Lipinski definition) is 1. The summed E-state index contributed by atoms with van der Waals surface area (Å²) < 4.78 is 5.36. The maximum Gasteiger partial charge on any atom is 0.336 e. The highest BCUT2D eigenvalue weighted by Crippen LogP contribution is 2.43. The quantitative estimate of drug-likeness (QED) is 0.760. The molecule has 2 aromatic carbocycles. The van der Waals surface area contributed by atoms with E-state index in [-0.39, 0.29) is 11.8 Å². The largest absolute Gasteiger partial charge is 0.463 e. The molecule has 2 aliphatic rings. The molecule has 0 saturated heterocycles. The Hall–Kier alpha value is -3.14. The van der Waals surface area contributed by atoms with Gasteiger partial charge in [0.1, 0.15) is 0 Å².